The number of carboxylic acid groups (broad SMARTS) is 1. The van der Waals surface area contributed by atoms with Crippen LogP contribution in [0.15, 0.2) is 39.1 Å². The van der Waals surface area contributed by atoms with E-state index in [-0.39, 0.29) is 18.1 Å². The molecule has 1 N–H and O–H groups in total. The molecular formula is C25H28BrNO6. The number of ether oxygens (including phenoxy) is 2. The zero-order valence-corrected chi connectivity index (χ0v) is 20.5. The number of carbonyl (C=O) groups is 3. The van der Waals surface area contributed by atoms with E-state index in [9.17, 15) is 19.5 Å². The summed E-state index contributed by atoms with van der Waals surface area (Å²) < 4.78 is 12.2. The molecule has 4 rings (SSSR count). The summed E-state index contributed by atoms with van der Waals surface area (Å²) in [6, 6.07) is 3.73. The monoisotopic (exact) mass is 517 g/mol. The third-order valence-corrected chi connectivity index (χ3v) is 7.00. The number of methoxy groups -OCH3 is 1. The van der Waals surface area contributed by atoms with Crippen LogP contribution in [-0.2, 0) is 14.4 Å². The number of hydrogen-bond donors (Lipinski definition) is 1. The number of carboxylic acids is 1. The van der Waals surface area contributed by atoms with Crippen LogP contribution in [0.2, 0.25) is 0 Å². The van der Waals surface area contributed by atoms with Crippen molar-refractivity contribution >= 4 is 33.5 Å². The van der Waals surface area contributed by atoms with Gasteiger partial charge in [0, 0.05) is 41.3 Å². The van der Waals surface area contributed by atoms with Gasteiger partial charge >= 0.3 is 5.97 Å². The van der Waals surface area contributed by atoms with Gasteiger partial charge in [0.15, 0.2) is 23.1 Å². The first-order valence-electron chi connectivity index (χ1n) is 11.4. The Balaban J connectivity index is 1.93. The van der Waals surface area contributed by atoms with Gasteiger partial charge in [-0.1, -0.05) is 6.92 Å². The lowest BCUT2D eigenvalue weighted by molar-refractivity contribution is -0.138. The smallest absolute Gasteiger partial charge is 0.323 e. The van der Waals surface area contributed by atoms with Gasteiger partial charge in [-0.3, -0.25) is 14.4 Å². The predicted octanol–water partition coefficient (Wildman–Crippen LogP) is 4.74. The van der Waals surface area contributed by atoms with Crippen molar-refractivity contribution in [1.29, 1.82) is 0 Å². The second-order valence-electron chi connectivity index (χ2n) is 8.57. The number of nitrogens with zero attached hydrogens (tertiary/aromatic N) is 1. The number of rotatable bonds is 7. The lowest BCUT2D eigenvalue weighted by atomic mass is 9.71. The lowest BCUT2D eigenvalue weighted by Crippen LogP contribution is -2.41. The third kappa shape index (κ3) is 4.33. The molecule has 33 heavy (non-hydrogen) atoms. The van der Waals surface area contributed by atoms with Crippen molar-refractivity contribution in [3.8, 4) is 11.5 Å². The number of carbonyl (C=O) groups excluding carboxylic acids is 2. The van der Waals surface area contributed by atoms with Crippen molar-refractivity contribution in [3.63, 3.8) is 0 Å². The van der Waals surface area contributed by atoms with Crippen molar-refractivity contribution in [2.75, 3.05) is 20.3 Å². The van der Waals surface area contributed by atoms with Gasteiger partial charge < -0.3 is 19.5 Å². The van der Waals surface area contributed by atoms with Crippen LogP contribution in [0.4, 0.5) is 0 Å². The summed E-state index contributed by atoms with van der Waals surface area (Å²) in [6.45, 7) is 2.30. The van der Waals surface area contributed by atoms with E-state index in [1.807, 2.05) is 19.1 Å². The molecule has 1 aromatic carbocycles. The van der Waals surface area contributed by atoms with Gasteiger partial charge in [0.1, 0.15) is 6.54 Å². The molecule has 1 aliphatic heterocycles. The molecule has 1 heterocycles. The van der Waals surface area contributed by atoms with E-state index < -0.39 is 11.9 Å². The molecule has 0 saturated carbocycles. The Hall–Kier alpha value is -2.61. The van der Waals surface area contributed by atoms with E-state index in [1.165, 1.54) is 0 Å². The van der Waals surface area contributed by atoms with Gasteiger partial charge in [-0.25, -0.2) is 0 Å². The van der Waals surface area contributed by atoms with Gasteiger partial charge in [0.25, 0.3) is 0 Å². The fourth-order valence-electron chi connectivity index (χ4n) is 5.13. The first kappa shape index (κ1) is 23.5. The summed E-state index contributed by atoms with van der Waals surface area (Å²) in [6.07, 6.45) is 4.21. The molecule has 0 radical (unpaired) electrons. The van der Waals surface area contributed by atoms with Crippen molar-refractivity contribution in [2.24, 2.45) is 0 Å². The minimum atomic E-state index is -0.981. The molecule has 0 bridgehead atoms. The molecule has 0 aromatic heterocycles. The number of benzene rings is 1. The van der Waals surface area contributed by atoms with E-state index in [1.54, 1.807) is 12.0 Å². The highest BCUT2D eigenvalue weighted by Gasteiger charge is 2.44. The molecule has 8 heteroatoms. The number of Topliss-reactive ketones (excluding diaryl/α,β-unsaturated/α-hetero) is 2. The van der Waals surface area contributed by atoms with Crippen LogP contribution in [0.1, 0.15) is 63.4 Å². The Bertz CT molecular complexity index is 1030. The quantitative estimate of drug-likeness (QED) is 0.557. The molecule has 0 unspecified atom stereocenters. The van der Waals surface area contributed by atoms with E-state index >= 15 is 0 Å². The molecule has 1 aromatic rings. The molecule has 0 fully saturated rings. The van der Waals surface area contributed by atoms with E-state index in [0.717, 1.165) is 23.4 Å². The summed E-state index contributed by atoms with van der Waals surface area (Å²) in [5.74, 6) is -0.460. The van der Waals surface area contributed by atoms with Crippen LogP contribution in [0, 0.1) is 0 Å². The molecule has 3 aliphatic rings. The minimum Gasteiger partial charge on any atom is -0.493 e. The minimum absolute atomic E-state index is 0.0250. The molecule has 0 saturated heterocycles. The third-order valence-electron chi connectivity index (χ3n) is 6.42. The highest BCUT2D eigenvalue weighted by Crippen LogP contribution is 2.51. The van der Waals surface area contributed by atoms with Crippen LogP contribution in [0.5, 0.6) is 11.5 Å². The van der Waals surface area contributed by atoms with Crippen molar-refractivity contribution in [2.45, 2.75) is 57.8 Å². The molecular weight excluding hydrogens is 490 g/mol. The van der Waals surface area contributed by atoms with Crippen LogP contribution < -0.4 is 9.47 Å². The van der Waals surface area contributed by atoms with E-state index in [2.05, 4.69) is 15.9 Å². The zero-order valence-electron chi connectivity index (χ0n) is 18.9. The maximum absolute atomic E-state index is 13.2. The second kappa shape index (κ2) is 9.71. The van der Waals surface area contributed by atoms with Gasteiger partial charge in [-0.2, -0.15) is 0 Å². The molecule has 0 atom stereocenters. The first-order chi connectivity index (χ1) is 15.9. The summed E-state index contributed by atoms with van der Waals surface area (Å²) in [7, 11) is 1.56. The average Bonchev–Trinajstić information content (AvgIpc) is 2.78. The lowest BCUT2D eigenvalue weighted by Gasteiger charge is -2.43. The zero-order chi connectivity index (χ0) is 23.7. The van der Waals surface area contributed by atoms with Crippen molar-refractivity contribution < 1.29 is 29.0 Å². The average molecular weight is 518 g/mol. The van der Waals surface area contributed by atoms with Crippen LogP contribution in [-0.4, -0.2) is 47.8 Å². The standard InChI is InChI=1S/C25H28BrNO6/c1-3-10-33-25-15(26)11-14(12-20(25)32-2)22-23-16(6-4-8-18(23)28)27(13-21(30)31)17-7-5-9-19(29)24(17)22/h11-12,22H,3-10,13H2,1-2H3,(H,30,31). The molecule has 176 valence electrons. The number of ketones is 2. The predicted molar refractivity (Wildman–Crippen MR) is 125 cm³/mol. The van der Waals surface area contributed by atoms with Gasteiger partial charge in [0.05, 0.1) is 18.2 Å². The van der Waals surface area contributed by atoms with E-state index in [0.29, 0.717) is 72.2 Å². The molecule has 2 aliphatic carbocycles. The number of allylic oxidation sites excluding steroid dienone is 4. The van der Waals surface area contributed by atoms with Gasteiger partial charge in [-0.05, 0) is 65.7 Å². The molecule has 0 amide bonds. The SMILES string of the molecule is CCCOc1c(Br)cc(C2C3=C(CCCC3=O)N(CC(=O)O)C3=C2C(=O)CCC3)cc1OC. The summed E-state index contributed by atoms with van der Waals surface area (Å²) in [5, 5.41) is 9.57. The topological polar surface area (TPSA) is 93.1 Å². The maximum Gasteiger partial charge on any atom is 0.323 e. The fraction of sp³-hybridized carbons (Fsp3) is 0.480. The summed E-state index contributed by atoms with van der Waals surface area (Å²) in [4.78, 5) is 39.9. The Morgan fingerprint density at radius 1 is 1.09 bits per heavy atom. The second-order valence-corrected chi connectivity index (χ2v) is 9.42. The fourth-order valence-corrected chi connectivity index (χ4v) is 5.70. The van der Waals surface area contributed by atoms with Crippen LogP contribution in [0.25, 0.3) is 0 Å². The Kier molecular flexibility index (Phi) is 6.93. The highest BCUT2D eigenvalue weighted by atomic mass is 79.9. The Morgan fingerprint density at radius 2 is 1.70 bits per heavy atom. The van der Waals surface area contributed by atoms with Crippen molar-refractivity contribution in [3.05, 3.63) is 44.7 Å². The normalized spacial score (nSPS) is 18.9. The van der Waals surface area contributed by atoms with Gasteiger partial charge in [-0.15, -0.1) is 0 Å². The van der Waals surface area contributed by atoms with Crippen LogP contribution >= 0.6 is 15.9 Å². The van der Waals surface area contributed by atoms with Crippen molar-refractivity contribution in [1.82, 2.24) is 4.90 Å². The van der Waals surface area contributed by atoms with Crippen LogP contribution in [0.3, 0.4) is 0 Å². The number of aliphatic carboxylic acids is 1. The van der Waals surface area contributed by atoms with Gasteiger partial charge in [0.2, 0.25) is 0 Å². The molecule has 7 nitrogen and oxygen atoms in total. The molecule has 0 spiro atoms. The highest BCUT2D eigenvalue weighted by molar-refractivity contribution is 9.10. The van der Waals surface area contributed by atoms with E-state index in [4.69, 9.17) is 9.47 Å². The first-order valence-corrected chi connectivity index (χ1v) is 12.2. The largest absolute Gasteiger partial charge is 0.493 e. The Morgan fingerprint density at radius 3 is 2.21 bits per heavy atom. The Labute approximate surface area is 201 Å². The summed E-state index contributed by atoms with van der Waals surface area (Å²) in [5.41, 5.74) is 3.35. The number of halogens is 1. The number of hydrogen-bond acceptors (Lipinski definition) is 6. The summed E-state index contributed by atoms with van der Waals surface area (Å²) >= 11 is 3.59. The maximum atomic E-state index is 13.2.